The number of nitrogens with zero attached hydrogens (tertiary/aromatic N) is 2. The second-order valence-corrected chi connectivity index (χ2v) is 6.40. The number of hydrogen-bond acceptors (Lipinski definition) is 2. The number of rotatable bonds is 2. The van der Waals surface area contributed by atoms with E-state index in [4.69, 9.17) is 0 Å². The van der Waals surface area contributed by atoms with Gasteiger partial charge in [-0.2, -0.15) is 0 Å². The van der Waals surface area contributed by atoms with Gasteiger partial charge in [-0.25, -0.2) is 0 Å². The van der Waals surface area contributed by atoms with Crippen LogP contribution in [0.15, 0.2) is 12.3 Å². The number of hydrogen-bond donors (Lipinski definition) is 0. The van der Waals surface area contributed by atoms with Crippen LogP contribution in [-0.2, 0) is 0 Å². The highest BCUT2D eigenvalue weighted by molar-refractivity contribution is 4.96. The van der Waals surface area contributed by atoms with Crippen molar-refractivity contribution in [1.82, 2.24) is 9.80 Å². The van der Waals surface area contributed by atoms with E-state index in [-0.39, 0.29) is 0 Å². The lowest BCUT2D eigenvalue weighted by atomic mass is 9.93. The molecular formula is C16H28N2. The monoisotopic (exact) mass is 248 g/mol. The van der Waals surface area contributed by atoms with Crippen LogP contribution >= 0.6 is 0 Å². The van der Waals surface area contributed by atoms with Crippen LogP contribution in [0.3, 0.4) is 0 Å². The van der Waals surface area contributed by atoms with Gasteiger partial charge in [-0.05, 0) is 31.9 Å². The summed E-state index contributed by atoms with van der Waals surface area (Å²) in [6, 6.07) is 1.70. The molecule has 0 bridgehead atoms. The van der Waals surface area contributed by atoms with Gasteiger partial charge in [-0.3, -0.25) is 4.90 Å². The molecule has 3 aliphatic rings. The predicted molar refractivity (Wildman–Crippen MR) is 76.3 cm³/mol. The summed E-state index contributed by atoms with van der Waals surface area (Å²) in [5, 5.41) is 0. The highest BCUT2D eigenvalue weighted by Crippen LogP contribution is 2.27. The van der Waals surface area contributed by atoms with Gasteiger partial charge in [-0.1, -0.05) is 44.6 Å². The van der Waals surface area contributed by atoms with Crippen molar-refractivity contribution in [2.45, 2.75) is 76.3 Å². The Morgan fingerprint density at radius 1 is 0.722 bits per heavy atom. The normalized spacial score (nSPS) is 28.8. The van der Waals surface area contributed by atoms with Gasteiger partial charge in [0.1, 0.15) is 0 Å². The largest absolute Gasteiger partial charge is 0.362 e. The minimum Gasteiger partial charge on any atom is -0.362 e. The average molecular weight is 248 g/mol. The van der Waals surface area contributed by atoms with Gasteiger partial charge in [0.05, 0.1) is 6.67 Å². The van der Waals surface area contributed by atoms with E-state index in [2.05, 4.69) is 22.1 Å². The van der Waals surface area contributed by atoms with Crippen LogP contribution in [0.1, 0.15) is 64.2 Å². The van der Waals surface area contributed by atoms with E-state index < -0.39 is 0 Å². The first-order chi connectivity index (χ1) is 8.93. The molecule has 0 aromatic rings. The molecule has 2 saturated carbocycles. The molecule has 0 aromatic carbocycles. The second-order valence-electron chi connectivity index (χ2n) is 6.40. The minimum absolute atomic E-state index is 0.835. The third kappa shape index (κ3) is 2.90. The van der Waals surface area contributed by atoms with Crippen LogP contribution in [0.25, 0.3) is 0 Å². The van der Waals surface area contributed by atoms with E-state index in [9.17, 15) is 0 Å². The lowest BCUT2D eigenvalue weighted by Gasteiger charge is -2.43. The van der Waals surface area contributed by atoms with Gasteiger partial charge < -0.3 is 4.90 Å². The van der Waals surface area contributed by atoms with E-state index >= 15 is 0 Å². The van der Waals surface area contributed by atoms with Gasteiger partial charge in [0.2, 0.25) is 0 Å². The van der Waals surface area contributed by atoms with Gasteiger partial charge in [0.15, 0.2) is 0 Å². The summed E-state index contributed by atoms with van der Waals surface area (Å²) in [5.74, 6) is 0. The van der Waals surface area contributed by atoms with E-state index in [1.165, 1.54) is 77.4 Å². The highest BCUT2D eigenvalue weighted by atomic mass is 15.3. The Labute approximate surface area is 112 Å². The van der Waals surface area contributed by atoms with Crippen molar-refractivity contribution in [1.29, 1.82) is 0 Å². The topological polar surface area (TPSA) is 6.48 Å². The maximum atomic E-state index is 2.73. The molecular weight excluding hydrogens is 220 g/mol. The molecule has 0 spiro atoms. The zero-order valence-corrected chi connectivity index (χ0v) is 11.7. The summed E-state index contributed by atoms with van der Waals surface area (Å²) in [7, 11) is 0. The molecule has 18 heavy (non-hydrogen) atoms. The first kappa shape index (κ1) is 12.5. The summed E-state index contributed by atoms with van der Waals surface area (Å²) >= 11 is 0. The Balaban J connectivity index is 1.57. The summed E-state index contributed by atoms with van der Waals surface area (Å²) in [5.41, 5.74) is 0. The molecule has 3 rings (SSSR count). The molecule has 0 saturated heterocycles. The van der Waals surface area contributed by atoms with Gasteiger partial charge >= 0.3 is 0 Å². The highest BCUT2D eigenvalue weighted by Gasteiger charge is 2.26. The van der Waals surface area contributed by atoms with Crippen LogP contribution in [0.2, 0.25) is 0 Å². The molecule has 2 heteroatoms. The smallest absolute Gasteiger partial charge is 0.0709 e. The van der Waals surface area contributed by atoms with Crippen LogP contribution in [0.5, 0.6) is 0 Å². The van der Waals surface area contributed by atoms with Crippen LogP contribution < -0.4 is 0 Å². The van der Waals surface area contributed by atoms with Crippen LogP contribution in [0, 0.1) is 0 Å². The average Bonchev–Trinajstić information content (AvgIpc) is 2.49. The Morgan fingerprint density at radius 2 is 1.33 bits per heavy atom. The SMILES string of the molecule is C1=CN(C2CCCCC2)CN(C2CCCCC2)C1. The minimum atomic E-state index is 0.835. The maximum Gasteiger partial charge on any atom is 0.0709 e. The molecule has 1 aliphatic heterocycles. The first-order valence-electron chi connectivity index (χ1n) is 8.10. The third-order valence-corrected chi connectivity index (χ3v) is 5.12. The molecule has 1 heterocycles. The van der Waals surface area contributed by atoms with Gasteiger partial charge in [-0.15, -0.1) is 0 Å². The fourth-order valence-electron chi connectivity index (χ4n) is 3.99. The summed E-state index contributed by atoms with van der Waals surface area (Å²) in [6.45, 7) is 2.39. The Hall–Kier alpha value is -0.500. The lowest BCUT2D eigenvalue weighted by Crippen LogP contribution is -2.48. The quantitative estimate of drug-likeness (QED) is 0.734. The Kier molecular flexibility index (Phi) is 4.24. The Bertz CT molecular complexity index is 275. The Morgan fingerprint density at radius 3 is 2.00 bits per heavy atom. The molecule has 0 N–H and O–H groups in total. The zero-order chi connectivity index (χ0) is 12.2. The van der Waals surface area contributed by atoms with E-state index in [1.807, 2.05) is 0 Å². The van der Waals surface area contributed by atoms with Gasteiger partial charge in [0.25, 0.3) is 0 Å². The molecule has 0 aromatic heterocycles. The molecule has 2 nitrogen and oxygen atoms in total. The van der Waals surface area contributed by atoms with Crippen LogP contribution in [-0.4, -0.2) is 35.1 Å². The lowest BCUT2D eigenvalue weighted by molar-refractivity contribution is 0.0662. The summed E-state index contributed by atoms with van der Waals surface area (Å²) in [6.07, 6.45) is 19.2. The van der Waals surface area contributed by atoms with Crippen molar-refractivity contribution < 1.29 is 0 Å². The summed E-state index contributed by atoms with van der Waals surface area (Å²) in [4.78, 5) is 5.37. The molecule has 0 amide bonds. The fraction of sp³-hybridized carbons (Fsp3) is 0.875. The molecule has 2 fully saturated rings. The fourth-order valence-corrected chi connectivity index (χ4v) is 3.99. The van der Waals surface area contributed by atoms with Crippen molar-refractivity contribution in [3.05, 3.63) is 12.3 Å². The van der Waals surface area contributed by atoms with Gasteiger partial charge in [0, 0.05) is 18.6 Å². The molecule has 102 valence electrons. The molecule has 0 unspecified atom stereocenters. The van der Waals surface area contributed by atoms with Crippen molar-refractivity contribution in [3.63, 3.8) is 0 Å². The first-order valence-corrected chi connectivity index (χ1v) is 8.10. The van der Waals surface area contributed by atoms with Crippen LogP contribution in [0.4, 0.5) is 0 Å². The van der Waals surface area contributed by atoms with Crippen molar-refractivity contribution >= 4 is 0 Å². The second kappa shape index (κ2) is 6.10. The standard InChI is InChI=1S/C16H28N2/c1-3-8-15(9-4-1)17-12-7-13-18(14-17)16-10-5-2-6-11-16/h7,12,15-16H,1-6,8-11,13-14H2. The van der Waals surface area contributed by atoms with E-state index in [0.717, 1.165) is 12.1 Å². The maximum absolute atomic E-state index is 2.73. The predicted octanol–water partition coefficient (Wildman–Crippen LogP) is 3.74. The van der Waals surface area contributed by atoms with Crippen molar-refractivity contribution in [2.24, 2.45) is 0 Å². The third-order valence-electron chi connectivity index (χ3n) is 5.12. The molecule has 2 aliphatic carbocycles. The van der Waals surface area contributed by atoms with E-state index in [0.29, 0.717) is 0 Å². The molecule has 0 radical (unpaired) electrons. The zero-order valence-electron chi connectivity index (χ0n) is 11.7. The van der Waals surface area contributed by atoms with Crippen molar-refractivity contribution in [2.75, 3.05) is 13.2 Å². The summed E-state index contributed by atoms with van der Waals surface area (Å²) < 4.78 is 0. The van der Waals surface area contributed by atoms with E-state index in [1.54, 1.807) is 0 Å². The molecule has 0 atom stereocenters. The van der Waals surface area contributed by atoms with Crippen molar-refractivity contribution in [3.8, 4) is 0 Å².